The second-order valence-corrected chi connectivity index (χ2v) is 12.6. The number of benzene rings is 3. The van der Waals surface area contributed by atoms with Gasteiger partial charge in [0.2, 0.25) is 0 Å². The molecule has 8 nitrogen and oxygen atoms in total. The monoisotopic (exact) mass is 595 g/mol. The molecule has 3 aromatic carbocycles. The first-order valence-electron chi connectivity index (χ1n) is 14.8. The largest absolute Gasteiger partial charge is 0.491 e. The van der Waals surface area contributed by atoms with Gasteiger partial charge in [-0.15, -0.1) is 0 Å². The second-order valence-electron chi connectivity index (χ2n) is 12.6. The molecule has 8 heteroatoms. The summed E-state index contributed by atoms with van der Waals surface area (Å²) in [7, 11) is 0. The molecule has 44 heavy (non-hydrogen) atoms. The Hall–Kier alpha value is -4.72. The Bertz CT molecular complexity index is 1650. The number of hydrogen-bond acceptors (Lipinski definition) is 6. The number of hydrogen-bond donors (Lipinski definition) is 0. The Balaban J connectivity index is 1.66. The number of nitro groups is 2. The number of nitro benzene ring substituents is 2. The van der Waals surface area contributed by atoms with Crippen LogP contribution >= 0.6 is 0 Å². The average molecular weight is 596 g/mol. The highest BCUT2D eigenvalue weighted by Gasteiger charge is 2.40. The molecular weight excluding hydrogens is 554 g/mol. The van der Waals surface area contributed by atoms with Crippen molar-refractivity contribution in [3.8, 4) is 5.75 Å². The fourth-order valence-corrected chi connectivity index (χ4v) is 5.80. The minimum atomic E-state index is -0.551. The molecule has 0 radical (unpaired) electrons. The van der Waals surface area contributed by atoms with Gasteiger partial charge in [0, 0.05) is 53.0 Å². The van der Waals surface area contributed by atoms with Crippen LogP contribution in [0.5, 0.6) is 5.75 Å². The number of allylic oxidation sites excluding steroid dienone is 5. The maximum absolute atomic E-state index is 11.6. The molecule has 3 aromatic rings. The molecule has 0 fully saturated rings. The Morgan fingerprint density at radius 1 is 1.00 bits per heavy atom. The van der Waals surface area contributed by atoms with Crippen LogP contribution in [0.1, 0.15) is 63.8 Å². The van der Waals surface area contributed by atoms with Gasteiger partial charge in [-0.25, -0.2) is 0 Å². The molecule has 0 aliphatic carbocycles. The molecule has 1 aliphatic heterocycles. The van der Waals surface area contributed by atoms with Gasteiger partial charge >= 0.3 is 0 Å². The Kier molecular flexibility index (Phi) is 9.14. The van der Waals surface area contributed by atoms with Crippen LogP contribution in [-0.4, -0.2) is 22.5 Å². The van der Waals surface area contributed by atoms with E-state index in [9.17, 15) is 20.2 Å². The lowest BCUT2D eigenvalue weighted by Crippen LogP contribution is -2.28. The number of ether oxygens (including phenoxy) is 1. The number of aryl methyl sites for hydroxylation is 1. The van der Waals surface area contributed by atoms with E-state index in [0.717, 1.165) is 51.4 Å². The number of nitrogens with zero attached hydrogens (tertiary/aromatic N) is 3. The highest BCUT2D eigenvalue weighted by Crippen LogP contribution is 2.49. The smallest absolute Gasteiger partial charge is 0.269 e. The number of fused-ring (bicyclic) bond motifs is 1. The van der Waals surface area contributed by atoms with Crippen LogP contribution in [-0.2, 0) is 17.3 Å². The van der Waals surface area contributed by atoms with Crippen molar-refractivity contribution in [2.75, 3.05) is 11.4 Å². The Morgan fingerprint density at radius 2 is 1.61 bits per heavy atom. The molecule has 0 unspecified atom stereocenters. The summed E-state index contributed by atoms with van der Waals surface area (Å²) in [5.41, 5.74) is 5.71. The zero-order valence-corrected chi connectivity index (χ0v) is 26.6. The molecule has 0 saturated carbocycles. The van der Waals surface area contributed by atoms with Gasteiger partial charge in [-0.2, -0.15) is 0 Å². The Morgan fingerprint density at radius 3 is 2.23 bits per heavy atom. The predicted octanol–water partition coefficient (Wildman–Crippen LogP) is 8.91. The van der Waals surface area contributed by atoms with E-state index in [0.29, 0.717) is 6.54 Å². The maximum atomic E-state index is 11.6. The SMILES string of the molecule is C=C(/C=C/C=C1/N(CCc2ccc(OC(C)C)cc2)c2ccc([N+](=O)[O-])cc2C1(C)C)C(C)(C)c1cc([N+](=O)[O-])ccc1C. The first kappa shape index (κ1) is 32.2. The molecule has 230 valence electrons. The summed E-state index contributed by atoms with van der Waals surface area (Å²) in [6.45, 7) is 19.1. The van der Waals surface area contributed by atoms with Crippen LogP contribution in [0.25, 0.3) is 0 Å². The Labute approximate surface area is 259 Å². The summed E-state index contributed by atoms with van der Waals surface area (Å²) in [6.07, 6.45) is 6.82. The molecule has 0 aromatic heterocycles. The van der Waals surface area contributed by atoms with Gasteiger partial charge in [-0.3, -0.25) is 20.2 Å². The van der Waals surface area contributed by atoms with Crippen LogP contribution < -0.4 is 9.64 Å². The summed E-state index contributed by atoms with van der Waals surface area (Å²) in [4.78, 5) is 24.6. The quantitative estimate of drug-likeness (QED) is 0.125. The topological polar surface area (TPSA) is 98.8 Å². The molecular formula is C36H41N3O5. The normalized spacial score (nSPS) is 15.2. The lowest BCUT2D eigenvalue weighted by atomic mass is 9.76. The molecule has 0 spiro atoms. The van der Waals surface area contributed by atoms with Crippen molar-refractivity contribution < 1.29 is 14.6 Å². The van der Waals surface area contributed by atoms with Crippen molar-refractivity contribution in [3.63, 3.8) is 0 Å². The van der Waals surface area contributed by atoms with Gasteiger partial charge in [0.25, 0.3) is 11.4 Å². The molecule has 4 rings (SSSR count). The summed E-state index contributed by atoms with van der Waals surface area (Å²) in [5.74, 6) is 0.831. The minimum absolute atomic E-state index is 0.0508. The van der Waals surface area contributed by atoms with Crippen LogP contribution in [0, 0.1) is 27.2 Å². The van der Waals surface area contributed by atoms with Crippen molar-refractivity contribution >= 4 is 17.1 Å². The van der Waals surface area contributed by atoms with Crippen LogP contribution in [0.2, 0.25) is 0 Å². The maximum Gasteiger partial charge on any atom is 0.269 e. The zero-order chi connectivity index (χ0) is 32.4. The van der Waals surface area contributed by atoms with Crippen molar-refractivity contribution in [3.05, 3.63) is 139 Å². The summed E-state index contributed by atoms with van der Waals surface area (Å²) in [6, 6.07) is 18.1. The molecule has 1 heterocycles. The molecule has 0 saturated heterocycles. The van der Waals surface area contributed by atoms with Gasteiger partial charge < -0.3 is 9.64 Å². The van der Waals surface area contributed by atoms with Gasteiger partial charge in [0.1, 0.15) is 5.75 Å². The molecule has 1 aliphatic rings. The van der Waals surface area contributed by atoms with Crippen molar-refractivity contribution in [1.82, 2.24) is 0 Å². The molecule has 0 N–H and O–H groups in total. The first-order chi connectivity index (χ1) is 20.6. The van der Waals surface area contributed by atoms with E-state index in [4.69, 9.17) is 4.74 Å². The second kappa shape index (κ2) is 12.5. The third-order valence-electron chi connectivity index (χ3n) is 8.47. The van der Waals surface area contributed by atoms with Crippen molar-refractivity contribution in [2.24, 2.45) is 0 Å². The van der Waals surface area contributed by atoms with Gasteiger partial charge in [0.15, 0.2) is 0 Å². The van der Waals surface area contributed by atoms with Gasteiger partial charge in [-0.05, 0) is 79.3 Å². The number of rotatable bonds is 11. The highest BCUT2D eigenvalue weighted by atomic mass is 16.6. The standard InChI is InChI=1S/C36H41N3O5/c1-24(2)44-30-17-13-27(14-18-30)20-21-37-33-19-16-29(39(42)43)23-32(33)36(7,8)34(37)11-9-10-26(4)35(5,6)31-22-28(38(40)41)15-12-25(31)3/h9-19,22-24H,4,20-21H2,1-3,5-8H3/b10-9+,34-11+. The van der Waals surface area contributed by atoms with Crippen LogP contribution in [0.3, 0.4) is 0 Å². The van der Waals surface area contributed by atoms with E-state index in [2.05, 4.69) is 37.5 Å². The van der Waals surface area contributed by atoms with E-state index < -0.39 is 10.8 Å². The van der Waals surface area contributed by atoms with Gasteiger partial charge in [0.05, 0.1) is 16.0 Å². The lowest BCUT2D eigenvalue weighted by Gasteiger charge is -2.28. The zero-order valence-electron chi connectivity index (χ0n) is 26.6. The van der Waals surface area contributed by atoms with Crippen molar-refractivity contribution in [2.45, 2.75) is 71.8 Å². The lowest BCUT2D eigenvalue weighted by molar-refractivity contribution is -0.385. The minimum Gasteiger partial charge on any atom is -0.491 e. The van der Waals surface area contributed by atoms with Crippen LogP contribution in [0.15, 0.2) is 96.7 Å². The van der Waals surface area contributed by atoms with Crippen molar-refractivity contribution in [1.29, 1.82) is 0 Å². The number of non-ortho nitro benzene ring substituents is 2. The van der Waals surface area contributed by atoms with E-state index >= 15 is 0 Å². The first-order valence-corrected chi connectivity index (χ1v) is 14.8. The fraction of sp³-hybridized carbons (Fsp3) is 0.333. The summed E-state index contributed by atoms with van der Waals surface area (Å²) >= 11 is 0. The summed E-state index contributed by atoms with van der Waals surface area (Å²) < 4.78 is 5.79. The molecule has 0 atom stereocenters. The number of anilines is 1. The van der Waals surface area contributed by atoms with Gasteiger partial charge in [-0.1, -0.05) is 64.6 Å². The van der Waals surface area contributed by atoms with E-state index in [1.807, 2.05) is 71.0 Å². The van der Waals surface area contributed by atoms with E-state index in [1.54, 1.807) is 24.3 Å². The third-order valence-corrected chi connectivity index (χ3v) is 8.47. The predicted molar refractivity (Wildman–Crippen MR) is 177 cm³/mol. The third kappa shape index (κ3) is 6.59. The summed E-state index contributed by atoms with van der Waals surface area (Å²) in [5, 5.41) is 23.1. The highest BCUT2D eigenvalue weighted by molar-refractivity contribution is 5.73. The van der Waals surface area contributed by atoms with E-state index in [1.165, 1.54) is 6.07 Å². The fourth-order valence-electron chi connectivity index (χ4n) is 5.80. The van der Waals surface area contributed by atoms with Crippen LogP contribution in [0.4, 0.5) is 17.1 Å². The average Bonchev–Trinajstić information content (AvgIpc) is 3.17. The molecule has 0 bridgehead atoms. The van der Waals surface area contributed by atoms with E-state index in [-0.39, 0.29) is 27.3 Å². The molecule has 0 amide bonds.